The van der Waals surface area contributed by atoms with Gasteiger partial charge in [-0.15, -0.1) is 0 Å². The van der Waals surface area contributed by atoms with E-state index in [1.54, 1.807) is 0 Å². The Bertz CT molecular complexity index is 331. The van der Waals surface area contributed by atoms with Crippen LogP contribution in [-0.4, -0.2) is 24.2 Å². The first-order valence-corrected chi connectivity index (χ1v) is 5.98. The number of carbonyl (C=O) groups is 1. The Morgan fingerprint density at radius 2 is 2.12 bits per heavy atom. The van der Waals surface area contributed by atoms with E-state index < -0.39 is 11.9 Å². The summed E-state index contributed by atoms with van der Waals surface area (Å²) in [4.78, 5) is 22.3. The summed E-state index contributed by atoms with van der Waals surface area (Å²) in [6.07, 6.45) is 3.67. The first-order valence-electron chi connectivity index (χ1n) is 5.98. The van der Waals surface area contributed by atoms with Crippen LogP contribution >= 0.6 is 0 Å². The highest BCUT2D eigenvalue weighted by Gasteiger charge is 2.67. The fourth-order valence-corrected chi connectivity index (χ4v) is 3.74. The molecular weight excluding hydrogens is 212 g/mol. The zero-order valence-corrected chi connectivity index (χ0v) is 8.89. The molecule has 88 valence electrons. The summed E-state index contributed by atoms with van der Waals surface area (Å²) in [6, 6.07) is 0. The van der Waals surface area contributed by atoms with Crippen LogP contribution < -0.4 is 0 Å². The molecule has 0 aromatic carbocycles. The third-order valence-electron chi connectivity index (χ3n) is 4.45. The molecule has 0 radical (unpaired) electrons. The second-order valence-corrected chi connectivity index (χ2v) is 5.19. The topological polar surface area (TPSA) is 54.0 Å². The molecule has 4 aliphatic heterocycles. The second kappa shape index (κ2) is 2.97. The predicted octanol–water partition coefficient (Wildman–Crippen LogP) is 1.12. The summed E-state index contributed by atoms with van der Waals surface area (Å²) in [5.41, 5.74) is -0.513. The van der Waals surface area contributed by atoms with Crippen molar-refractivity contribution in [2.24, 2.45) is 11.8 Å². The van der Waals surface area contributed by atoms with Gasteiger partial charge in [-0.2, -0.15) is 0 Å². The van der Waals surface area contributed by atoms with Gasteiger partial charge >= 0.3 is 5.97 Å². The third-order valence-corrected chi connectivity index (χ3v) is 4.45. The Hall–Kier alpha value is -0.650. The molecule has 16 heavy (non-hydrogen) atoms. The number of hydrogen-bond acceptors (Lipinski definition) is 5. The molecule has 5 fully saturated rings. The molecule has 5 aliphatic rings. The van der Waals surface area contributed by atoms with E-state index in [9.17, 15) is 4.79 Å². The van der Waals surface area contributed by atoms with E-state index in [4.69, 9.17) is 19.2 Å². The summed E-state index contributed by atoms with van der Waals surface area (Å²) in [6.45, 7) is 0. The van der Waals surface area contributed by atoms with Crippen molar-refractivity contribution in [2.75, 3.05) is 0 Å². The minimum Gasteiger partial charge on any atom is -0.432 e. The van der Waals surface area contributed by atoms with Crippen LogP contribution in [0, 0.1) is 11.8 Å². The van der Waals surface area contributed by atoms with E-state index >= 15 is 0 Å². The van der Waals surface area contributed by atoms with Gasteiger partial charge in [0.05, 0.1) is 6.42 Å². The largest absolute Gasteiger partial charge is 0.432 e. The quantitative estimate of drug-likeness (QED) is 0.457. The highest BCUT2D eigenvalue weighted by Crippen LogP contribution is 2.56. The highest BCUT2D eigenvalue weighted by atomic mass is 17.3. The molecule has 1 saturated carbocycles. The van der Waals surface area contributed by atoms with Crippen LogP contribution in [0.2, 0.25) is 0 Å². The monoisotopic (exact) mass is 226 g/mol. The molecule has 0 amide bonds. The van der Waals surface area contributed by atoms with Gasteiger partial charge in [-0.05, 0) is 12.8 Å². The van der Waals surface area contributed by atoms with Gasteiger partial charge in [-0.3, -0.25) is 4.79 Å². The number of carbonyl (C=O) groups excluding carboxylic acids is 1. The van der Waals surface area contributed by atoms with E-state index in [2.05, 4.69) is 0 Å². The number of rotatable bonds is 0. The molecule has 5 atom stereocenters. The van der Waals surface area contributed by atoms with Gasteiger partial charge in [0, 0.05) is 18.3 Å². The van der Waals surface area contributed by atoms with Crippen LogP contribution in [-0.2, 0) is 24.0 Å². The van der Waals surface area contributed by atoms with E-state index in [1.807, 2.05) is 0 Å². The molecule has 4 heterocycles. The SMILES string of the molecule is O=C1C[C@@H]2CCC[C@@H]3C[C@H]4OO[C@]32[C@H](O1)O4. The fraction of sp³-hybridized carbons (Fsp3) is 0.909. The van der Waals surface area contributed by atoms with E-state index in [1.165, 1.54) is 0 Å². The fourth-order valence-electron chi connectivity index (χ4n) is 3.74. The Kier molecular flexibility index (Phi) is 1.74. The molecule has 5 heteroatoms. The van der Waals surface area contributed by atoms with Crippen LogP contribution in [0.4, 0.5) is 0 Å². The summed E-state index contributed by atoms with van der Waals surface area (Å²) in [7, 11) is 0. The zero-order valence-electron chi connectivity index (χ0n) is 8.89. The van der Waals surface area contributed by atoms with Crippen molar-refractivity contribution in [1.29, 1.82) is 0 Å². The van der Waals surface area contributed by atoms with Crippen molar-refractivity contribution in [2.45, 2.75) is 50.3 Å². The zero-order chi connectivity index (χ0) is 10.8. The molecule has 4 saturated heterocycles. The lowest BCUT2D eigenvalue weighted by Gasteiger charge is -2.59. The summed E-state index contributed by atoms with van der Waals surface area (Å²) >= 11 is 0. The molecule has 2 bridgehead atoms. The molecule has 0 aromatic heterocycles. The van der Waals surface area contributed by atoms with Crippen LogP contribution in [0.5, 0.6) is 0 Å². The number of ether oxygens (including phenoxy) is 2. The summed E-state index contributed by atoms with van der Waals surface area (Å²) < 4.78 is 10.9. The van der Waals surface area contributed by atoms with Crippen molar-refractivity contribution in [3.8, 4) is 0 Å². The van der Waals surface area contributed by atoms with Gasteiger partial charge in [0.2, 0.25) is 6.29 Å². The van der Waals surface area contributed by atoms with Crippen LogP contribution in [0.1, 0.15) is 32.1 Å². The van der Waals surface area contributed by atoms with Crippen molar-refractivity contribution >= 4 is 5.97 Å². The maximum atomic E-state index is 11.5. The minimum absolute atomic E-state index is 0.169. The first kappa shape index (κ1) is 9.39. The maximum absolute atomic E-state index is 11.5. The van der Waals surface area contributed by atoms with Gasteiger partial charge in [-0.25, -0.2) is 9.78 Å². The van der Waals surface area contributed by atoms with Gasteiger partial charge in [0.1, 0.15) is 0 Å². The molecule has 5 nitrogen and oxygen atoms in total. The second-order valence-electron chi connectivity index (χ2n) is 5.19. The molecule has 5 rings (SSSR count). The first-order chi connectivity index (χ1) is 7.79. The Morgan fingerprint density at radius 3 is 3.06 bits per heavy atom. The average molecular weight is 226 g/mol. The molecule has 1 spiro atoms. The van der Waals surface area contributed by atoms with Gasteiger partial charge in [0.15, 0.2) is 11.9 Å². The van der Waals surface area contributed by atoms with Crippen molar-refractivity contribution in [1.82, 2.24) is 0 Å². The van der Waals surface area contributed by atoms with Gasteiger partial charge in [0.25, 0.3) is 0 Å². The lowest BCUT2D eigenvalue weighted by molar-refractivity contribution is -0.563. The highest BCUT2D eigenvalue weighted by molar-refractivity contribution is 5.71. The third kappa shape index (κ3) is 0.990. The van der Waals surface area contributed by atoms with Crippen molar-refractivity contribution in [3.05, 3.63) is 0 Å². The molecule has 0 N–H and O–H groups in total. The number of fused-ring (bicyclic) bond motifs is 1. The molecule has 0 unspecified atom stereocenters. The van der Waals surface area contributed by atoms with Gasteiger partial charge < -0.3 is 9.47 Å². The standard InChI is InChI=1S/C11H14O5/c12-8-4-6-2-1-3-7-5-9-14-10(13-8)11(6,7)16-15-9/h6-7,9-10H,1-5H2/t6-,7+,9+,10+,11-/m0/s1. The van der Waals surface area contributed by atoms with Crippen LogP contribution in [0.25, 0.3) is 0 Å². The summed E-state index contributed by atoms with van der Waals surface area (Å²) in [5, 5.41) is 0. The summed E-state index contributed by atoms with van der Waals surface area (Å²) in [5.74, 6) is 0.438. The molecular formula is C11H14O5. The smallest absolute Gasteiger partial charge is 0.308 e. The molecule has 0 aromatic rings. The van der Waals surface area contributed by atoms with Gasteiger partial charge in [-0.1, -0.05) is 6.42 Å². The Labute approximate surface area is 92.9 Å². The van der Waals surface area contributed by atoms with Crippen LogP contribution in [0.3, 0.4) is 0 Å². The minimum atomic E-state index is -0.545. The van der Waals surface area contributed by atoms with E-state index in [-0.39, 0.29) is 18.2 Å². The number of hydrogen-bond donors (Lipinski definition) is 0. The number of esters is 1. The maximum Gasteiger partial charge on any atom is 0.308 e. The normalized spacial score (nSPS) is 54.4. The average Bonchev–Trinajstić information content (AvgIpc) is 2.28. The van der Waals surface area contributed by atoms with E-state index in [0.29, 0.717) is 12.3 Å². The van der Waals surface area contributed by atoms with Crippen molar-refractivity contribution < 1.29 is 24.0 Å². The van der Waals surface area contributed by atoms with E-state index in [0.717, 1.165) is 25.7 Å². The predicted molar refractivity (Wildman–Crippen MR) is 49.7 cm³/mol. The molecule has 1 aliphatic carbocycles. The Morgan fingerprint density at radius 1 is 1.25 bits per heavy atom. The Balaban J connectivity index is 1.78. The lowest BCUT2D eigenvalue weighted by Crippen LogP contribution is -2.70. The van der Waals surface area contributed by atoms with Crippen molar-refractivity contribution in [3.63, 3.8) is 0 Å². The lowest BCUT2D eigenvalue weighted by atomic mass is 9.63. The van der Waals surface area contributed by atoms with Crippen LogP contribution in [0.15, 0.2) is 0 Å².